The molecule has 100 valence electrons. The Hall–Kier alpha value is -0.910. The molecular weight excluding hydrogens is 230 g/mol. The number of fused-ring (bicyclic) bond motifs is 1. The van der Waals surface area contributed by atoms with Crippen LogP contribution >= 0.6 is 0 Å². The quantitative estimate of drug-likeness (QED) is 0.833. The lowest BCUT2D eigenvalue weighted by Gasteiger charge is -2.37. The van der Waals surface area contributed by atoms with Crippen LogP contribution in [0.1, 0.15) is 18.5 Å². The molecule has 3 atom stereocenters. The molecule has 1 aromatic rings. The van der Waals surface area contributed by atoms with E-state index >= 15 is 0 Å². The lowest BCUT2D eigenvalue weighted by molar-refractivity contribution is -0.101. The van der Waals surface area contributed by atoms with E-state index in [4.69, 9.17) is 4.74 Å². The number of nitrogens with zero attached hydrogens (tertiary/aromatic N) is 3. The third-order valence-electron chi connectivity index (χ3n) is 4.03. The Morgan fingerprint density at radius 2 is 2.50 bits per heavy atom. The van der Waals surface area contributed by atoms with Gasteiger partial charge in [0, 0.05) is 32.3 Å². The Kier molecular flexibility index (Phi) is 3.37. The van der Waals surface area contributed by atoms with Crippen LogP contribution in [-0.4, -0.2) is 57.7 Å². The van der Waals surface area contributed by atoms with Gasteiger partial charge in [-0.2, -0.15) is 5.10 Å². The fourth-order valence-corrected chi connectivity index (χ4v) is 2.99. The Bertz CT molecular complexity index is 407. The van der Waals surface area contributed by atoms with Crippen molar-refractivity contribution in [3.63, 3.8) is 0 Å². The first-order valence-corrected chi connectivity index (χ1v) is 6.74. The number of aromatic nitrogens is 2. The zero-order valence-electron chi connectivity index (χ0n) is 10.8. The van der Waals surface area contributed by atoms with E-state index in [2.05, 4.69) is 10.00 Å². The summed E-state index contributed by atoms with van der Waals surface area (Å²) < 4.78 is 7.57. The molecule has 0 saturated carbocycles. The summed E-state index contributed by atoms with van der Waals surface area (Å²) in [6, 6.07) is 2.54. The van der Waals surface area contributed by atoms with Gasteiger partial charge in [-0.05, 0) is 25.5 Å². The standard InChI is InChI=1S/C13H21N3O2/c1-15-6-4-10(14-15)7-12(17)13-8-16-5-2-3-11(16)9-18-13/h4,6,11-13,17H,2-3,5,7-9H2,1H3. The van der Waals surface area contributed by atoms with Crippen molar-refractivity contribution in [2.24, 2.45) is 7.05 Å². The highest BCUT2D eigenvalue weighted by molar-refractivity contribution is 5.02. The summed E-state index contributed by atoms with van der Waals surface area (Å²) in [4.78, 5) is 2.45. The summed E-state index contributed by atoms with van der Waals surface area (Å²) in [5, 5.41) is 14.6. The van der Waals surface area contributed by atoms with Crippen LogP contribution in [0.4, 0.5) is 0 Å². The summed E-state index contributed by atoms with van der Waals surface area (Å²) in [6.45, 7) is 2.78. The largest absolute Gasteiger partial charge is 0.390 e. The average Bonchev–Trinajstić information content (AvgIpc) is 2.96. The van der Waals surface area contributed by atoms with Crippen molar-refractivity contribution in [3.05, 3.63) is 18.0 Å². The van der Waals surface area contributed by atoms with Crippen molar-refractivity contribution in [2.45, 2.75) is 37.5 Å². The van der Waals surface area contributed by atoms with Gasteiger partial charge >= 0.3 is 0 Å². The lowest BCUT2D eigenvalue weighted by atomic mass is 10.1. The number of hydrogen-bond acceptors (Lipinski definition) is 4. The predicted molar refractivity (Wildman–Crippen MR) is 67.3 cm³/mol. The van der Waals surface area contributed by atoms with Crippen LogP contribution in [-0.2, 0) is 18.2 Å². The van der Waals surface area contributed by atoms with Gasteiger partial charge < -0.3 is 9.84 Å². The third-order valence-corrected chi connectivity index (χ3v) is 4.03. The van der Waals surface area contributed by atoms with Crippen LogP contribution in [0.25, 0.3) is 0 Å². The molecule has 3 heterocycles. The molecule has 2 aliphatic rings. The molecule has 1 aromatic heterocycles. The van der Waals surface area contributed by atoms with Crippen LogP contribution in [0, 0.1) is 0 Å². The fraction of sp³-hybridized carbons (Fsp3) is 0.769. The zero-order chi connectivity index (χ0) is 12.5. The lowest BCUT2D eigenvalue weighted by Crippen LogP contribution is -2.50. The van der Waals surface area contributed by atoms with Crippen molar-refractivity contribution in [1.29, 1.82) is 0 Å². The van der Waals surface area contributed by atoms with E-state index in [1.165, 1.54) is 12.8 Å². The first kappa shape index (κ1) is 12.1. The second kappa shape index (κ2) is 4.99. The van der Waals surface area contributed by atoms with Crippen LogP contribution in [0.5, 0.6) is 0 Å². The highest BCUT2D eigenvalue weighted by Gasteiger charge is 2.35. The molecule has 5 heteroatoms. The van der Waals surface area contributed by atoms with Gasteiger partial charge in [0.25, 0.3) is 0 Å². The minimum absolute atomic E-state index is 0.0682. The molecule has 0 radical (unpaired) electrons. The van der Waals surface area contributed by atoms with E-state index in [-0.39, 0.29) is 6.10 Å². The summed E-state index contributed by atoms with van der Waals surface area (Å²) in [7, 11) is 1.89. The number of ether oxygens (including phenoxy) is 1. The molecule has 5 nitrogen and oxygen atoms in total. The van der Waals surface area contributed by atoms with E-state index in [1.807, 2.05) is 19.3 Å². The van der Waals surface area contributed by atoms with Gasteiger partial charge in [-0.1, -0.05) is 0 Å². The Balaban J connectivity index is 1.57. The second-order valence-electron chi connectivity index (χ2n) is 5.41. The fourth-order valence-electron chi connectivity index (χ4n) is 2.99. The topological polar surface area (TPSA) is 50.5 Å². The van der Waals surface area contributed by atoms with Gasteiger partial charge in [-0.25, -0.2) is 0 Å². The first-order chi connectivity index (χ1) is 8.72. The normalized spacial score (nSPS) is 30.3. The highest BCUT2D eigenvalue weighted by Crippen LogP contribution is 2.24. The molecule has 0 amide bonds. The molecule has 0 aromatic carbocycles. The van der Waals surface area contributed by atoms with Crippen molar-refractivity contribution >= 4 is 0 Å². The Morgan fingerprint density at radius 1 is 1.61 bits per heavy atom. The molecular formula is C13H21N3O2. The number of aliphatic hydroxyl groups excluding tert-OH is 1. The van der Waals surface area contributed by atoms with E-state index in [9.17, 15) is 5.11 Å². The van der Waals surface area contributed by atoms with Crippen LogP contribution in [0.2, 0.25) is 0 Å². The third kappa shape index (κ3) is 2.43. The molecule has 2 fully saturated rings. The van der Waals surface area contributed by atoms with Crippen LogP contribution in [0.15, 0.2) is 12.3 Å². The number of morpholine rings is 1. The van der Waals surface area contributed by atoms with Crippen molar-refractivity contribution in [3.8, 4) is 0 Å². The van der Waals surface area contributed by atoms with Crippen molar-refractivity contribution in [2.75, 3.05) is 19.7 Å². The summed E-state index contributed by atoms with van der Waals surface area (Å²) >= 11 is 0. The van der Waals surface area contributed by atoms with Gasteiger partial charge in [0.15, 0.2) is 0 Å². The molecule has 2 saturated heterocycles. The smallest absolute Gasteiger partial charge is 0.0965 e. The minimum atomic E-state index is -0.457. The molecule has 1 N–H and O–H groups in total. The molecule has 18 heavy (non-hydrogen) atoms. The maximum Gasteiger partial charge on any atom is 0.0965 e. The van der Waals surface area contributed by atoms with E-state index in [0.29, 0.717) is 12.5 Å². The van der Waals surface area contributed by atoms with Gasteiger partial charge in [0.05, 0.1) is 24.5 Å². The van der Waals surface area contributed by atoms with E-state index in [1.54, 1.807) is 4.68 Å². The molecule has 3 rings (SSSR count). The molecule has 0 bridgehead atoms. The summed E-state index contributed by atoms with van der Waals surface area (Å²) in [5.74, 6) is 0. The predicted octanol–water partition coefficient (Wildman–Crippen LogP) is 0.187. The van der Waals surface area contributed by atoms with E-state index in [0.717, 1.165) is 25.4 Å². The summed E-state index contributed by atoms with van der Waals surface area (Å²) in [5.41, 5.74) is 0.928. The minimum Gasteiger partial charge on any atom is -0.390 e. The van der Waals surface area contributed by atoms with Crippen LogP contribution < -0.4 is 0 Å². The molecule has 0 spiro atoms. The second-order valence-corrected chi connectivity index (χ2v) is 5.41. The zero-order valence-corrected chi connectivity index (χ0v) is 10.8. The van der Waals surface area contributed by atoms with Gasteiger partial charge in [-0.15, -0.1) is 0 Å². The van der Waals surface area contributed by atoms with Gasteiger partial charge in [0.1, 0.15) is 0 Å². The Morgan fingerprint density at radius 3 is 3.28 bits per heavy atom. The van der Waals surface area contributed by atoms with Crippen molar-refractivity contribution < 1.29 is 9.84 Å². The van der Waals surface area contributed by atoms with Gasteiger partial charge in [-0.3, -0.25) is 9.58 Å². The monoisotopic (exact) mass is 251 g/mol. The molecule has 0 aliphatic carbocycles. The number of aryl methyl sites for hydroxylation is 1. The SMILES string of the molecule is Cn1ccc(CC(O)C2CN3CCCC3CO2)n1. The number of aliphatic hydroxyl groups is 1. The maximum atomic E-state index is 10.3. The number of rotatable bonds is 3. The van der Waals surface area contributed by atoms with Crippen LogP contribution in [0.3, 0.4) is 0 Å². The highest BCUT2D eigenvalue weighted by atomic mass is 16.5. The summed E-state index contributed by atoms with van der Waals surface area (Å²) in [6.07, 6.45) is 4.45. The maximum absolute atomic E-state index is 10.3. The first-order valence-electron chi connectivity index (χ1n) is 6.74. The van der Waals surface area contributed by atoms with E-state index < -0.39 is 6.10 Å². The Labute approximate surface area is 107 Å². The number of hydrogen-bond donors (Lipinski definition) is 1. The molecule has 3 unspecified atom stereocenters. The average molecular weight is 251 g/mol. The van der Waals surface area contributed by atoms with Crippen molar-refractivity contribution in [1.82, 2.24) is 14.7 Å². The van der Waals surface area contributed by atoms with Gasteiger partial charge in [0.2, 0.25) is 0 Å². The molecule has 2 aliphatic heterocycles.